The predicted molar refractivity (Wildman–Crippen MR) is 96.9 cm³/mol. The van der Waals surface area contributed by atoms with Crippen molar-refractivity contribution in [3.8, 4) is 5.75 Å². The van der Waals surface area contributed by atoms with E-state index in [1.54, 1.807) is 6.20 Å². The molecule has 0 saturated heterocycles. The average Bonchev–Trinajstić information content (AvgIpc) is 3.22. The third-order valence-electron chi connectivity index (χ3n) is 4.44. The van der Waals surface area contributed by atoms with E-state index in [-0.39, 0.29) is 11.8 Å². The molecule has 1 aliphatic carbocycles. The largest absolute Gasteiger partial charge is 0.435 e. The second-order valence-corrected chi connectivity index (χ2v) is 6.45. The Morgan fingerprint density at radius 1 is 1.19 bits per heavy atom. The molecule has 0 radical (unpaired) electrons. The van der Waals surface area contributed by atoms with Gasteiger partial charge in [-0.15, -0.1) is 5.10 Å². The summed E-state index contributed by atoms with van der Waals surface area (Å²) >= 11 is 0. The number of ether oxygens (including phenoxy) is 1. The molecule has 1 aliphatic rings. The van der Waals surface area contributed by atoms with Gasteiger partial charge < -0.3 is 21.1 Å². The molecule has 0 unspecified atom stereocenters. The van der Waals surface area contributed by atoms with Gasteiger partial charge in [-0.05, 0) is 37.5 Å². The van der Waals surface area contributed by atoms with Crippen LogP contribution < -0.4 is 21.1 Å². The molecule has 3 aromatic heterocycles. The number of nitrogen functional groups attached to an aromatic ring is 1. The van der Waals surface area contributed by atoms with E-state index in [1.165, 1.54) is 22.8 Å². The Balaban J connectivity index is 1.37. The molecule has 0 aliphatic heterocycles. The lowest BCUT2D eigenvalue weighted by atomic mass is 10.2. The number of nitrogens with one attached hydrogen (secondary N) is 2. The van der Waals surface area contributed by atoms with Crippen LogP contribution in [-0.4, -0.2) is 38.3 Å². The molecule has 10 heteroatoms. The maximum atomic E-state index is 12.3. The SMILES string of the molecule is Nc1ccc(N[C@H]2CC[C@H](Nc3nc4cc(OC(F)F)ccn4n3)C2)nc1. The van der Waals surface area contributed by atoms with Crippen LogP contribution in [0.1, 0.15) is 19.3 Å². The van der Waals surface area contributed by atoms with Crippen LogP contribution >= 0.6 is 0 Å². The number of hydrogen-bond donors (Lipinski definition) is 3. The monoisotopic (exact) mass is 375 g/mol. The normalized spacial score (nSPS) is 19.5. The van der Waals surface area contributed by atoms with Crippen LogP contribution in [0.2, 0.25) is 0 Å². The molecule has 2 atom stereocenters. The van der Waals surface area contributed by atoms with Crippen LogP contribution in [0.15, 0.2) is 36.7 Å². The number of hydrogen-bond acceptors (Lipinski definition) is 7. The Morgan fingerprint density at radius 2 is 2.00 bits per heavy atom. The zero-order valence-electron chi connectivity index (χ0n) is 14.3. The molecule has 0 bridgehead atoms. The van der Waals surface area contributed by atoms with Gasteiger partial charge in [-0.3, -0.25) is 0 Å². The average molecular weight is 375 g/mol. The number of aromatic nitrogens is 4. The summed E-state index contributed by atoms with van der Waals surface area (Å²) in [4.78, 5) is 8.59. The standard InChI is InChI=1S/C17H19F2N7O/c18-16(19)27-13-5-6-26-15(8-13)24-17(25-26)23-12-3-2-11(7-12)22-14-4-1-10(20)9-21-14/h1,4-6,8-9,11-12,16H,2-3,7,20H2,(H,21,22)(H,23,25)/t11-,12-/m0/s1. The molecule has 0 aromatic carbocycles. The molecule has 3 aromatic rings. The van der Waals surface area contributed by atoms with Gasteiger partial charge in [-0.2, -0.15) is 13.8 Å². The first-order valence-corrected chi connectivity index (χ1v) is 8.61. The van der Waals surface area contributed by atoms with E-state index in [0.717, 1.165) is 25.1 Å². The van der Waals surface area contributed by atoms with Gasteiger partial charge in [0, 0.05) is 24.3 Å². The molecule has 0 spiro atoms. The third-order valence-corrected chi connectivity index (χ3v) is 4.44. The highest BCUT2D eigenvalue weighted by atomic mass is 19.3. The van der Waals surface area contributed by atoms with Crippen molar-refractivity contribution < 1.29 is 13.5 Å². The highest BCUT2D eigenvalue weighted by Crippen LogP contribution is 2.25. The third kappa shape index (κ3) is 4.15. The first-order chi connectivity index (χ1) is 13.0. The summed E-state index contributed by atoms with van der Waals surface area (Å²) in [6, 6.07) is 7.03. The summed E-state index contributed by atoms with van der Waals surface area (Å²) < 4.78 is 30.5. The van der Waals surface area contributed by atoms with E-state index < -0.39 is 6.61 Å². The van der Waals surface area contributed by atoms with E-state index in [0.29, 0.717) is 23.3 Å². The highest BCUT2D eigenvalue weighted by Gasteiger charge is 2.25. The Bertz CT molecular complexity index is 915. The van der Waals surface area contributed by atoms with E-state index in [2.05, 4.69) is 30.4 Å². The number of halogens is 2. The molecule has 0 amide bonds. The Labute approximate surface area is 153 Å². The van der Waals surface area contributed by atoms with Crippen LogP contribution in [0.25, 0.3) is 5.65 Å². The van der Waals surface area contributed by atoms with Gasteiger partial charge in [0.05, 0.1) is 11.9 Å². The minimum absolute atomic E-state index is 0.0533. The van der Waals surface area contributed by atoms with Crippen LogP contribution in [0, 0.1) is 0 Å². The molecule has 4 rings (SSSR count). The fourth-order valence-corrected chi connectivity index (χ4v) is 3.23. The Kier molecular flexibility index (Phi) is 4.61. The van der Waals surface area contributed by atoms with Crippen molar-refractivity contribution in [3.63, 3.8) is 0 Å². The van der Waals surface area contributed by atoms with Crippen molar-refractivity contribution in [1.82, 2.24) is 19.6 Å². The number of nitrogens with zero attached hydrogens (tertiary/aromatic N) is 4. The van der Waals surface area contributed by atoms with Crippen LogP contribution in [0.4, 0.5) is 26.2 Å². The zero-order chi connectivity index (χ0) is 18.8. The van der Waals surface area contributed by atoms with Crippen LogP contribution in [0.5, 0.6) is 5.75 Å². The van der Waals surface area contributed by atoms with Crippen molar-refractivity contribution in [1.29, 1.82) is 0 Å². The first kappa shape index (κ1) is 17.3. The minimum atomic E-state index is -2.87. The van der Waals surface area contributed by atoms with Crippen LogP contribution in [-0.2, 0) is 0 Å². The lowest BCUT2D eigenvalue weighted by Crippen LogP contribution is -2.21. The maximum absolute atomic E-state index is 12.3. The Hall–Kier alpha value is -3.17. The predicted octanol–water partition coefficient (Wildman–Crippen LogP) is 2.75. The summed E-state index contributed by atoms with van der Waals surface area (Å²) in [5.41, 5.74) is 6.72. The number of alkyl halides is 2. The van der Waals surface area contributed by atoms with E-state index in [4.69, 9.17) is 5.73 Å². The molecule has 1 fully saturated rings. The molecular weight excluding hydrogens is 356 g/mol. The molecule has 142 valence electrons. The second-order valence-electron chi connectivity index (χ2n) is 6.45. The summed E-state index contributed by atoms with van der Waals surface area (Å²) in [5.74, 6) is 1.31. The number of pyridine rings is 2. The lowest BCUT2D eigenvalue weighted by molar-refractivity contribution is -0.0498. The highest BCUT2D eigenvalue weighted by molar-refractivity contribution is 5.48. The molecular formula is C17H19F2N7O. The van der Waals surface area contributed by atoms with Crippen LogP contribution in [0.3, 0.4) is 0 Å². The van der Waals surface area contributed by atoms with Gasteiger partial charge in [0.15, 0.2) is 5.65 Å². The molecule has 1 saturated carbocycles. The van der Waals surface area contributed by atoms with Crippen molar-refractivity contribution in [2.75, 3.05) is 16.4 Å². The summed E-state index contributed by atoms with van der Waals surface area (Å²) in [5, 5.41) is 11.0. The zero-order valence-corrected chi connectivity index (χ0v) is 14.3. The van der Waals surface area contributed by atoms with Gasteiger partial charge in [-0.25, -0.2) is 9.50 Å². The van der Waals surface area contributed by atoms with Crippen molar-refractivity contribution in [2.24, 2.45) is 0 Å². The quantitative estimate of drug-likeness (QED) is 0.609. The molecule has 27 heavy (non-hydrogen) atoms. The fraction of sp³-hybridized carbons (Fsp3) is 0.353. The van der Waals surface area contributed by atoms with E-state index in [1.807, 2.05) is 12.1 Å². The number of nitrogens with two attached hydrogens (primary N) is 1. The number of rotatable bonds is 6. The molecule has 8 nitrogen and oxygen atoms in total. The summed E-state index contributed by atoms with van der Waals surface area (Å²) in [6.07, 6.45) is 6.00. The van der Waals surface area contributed by atoms with Gasteiger partial charge in [0.2, 0.25) is 5.95 Å². The smallest absolute Gasteiger partial charge is 0.387 e. The van der Waals surface area contributed by atoms with Gasteiger partial charge in [0.1, 0.15) is 11.6 Å². The number of fused-ring (bicyclic) bond motifs is 1. The summed E-state index contributed by atoms with van der Waals surface area (Å²) in [7, 11) is 0. The summed E-state index contributed by atoms with van der Waals surface area (Å²) in [6.45, 7) is -2.87. The number of anilines is 3. The first-order valence-electron chi connectivity index (χ1n) is 8.61. The van der Waals surface area contributed by atoms with Crippen molar-refractivity contribution in [3.05, 3.63) is 36.7 Å². The molecule has 4 N–H and O–H groups in total. The lowest BCUT2D eigenvalue weighted by Gasteiger charge is -2.14. The Morgan fingerprint density at radius 3 is 2.74 bits per heavy atom. The second kappa shape index (κ2) is 7.22. The van der Waals surface area contributed by atoms with Gasteiger partial charge >= 0.3 is 6.61 Å². The van der Waals surface area contributed by atoms with Gasteiger partial charge in [0.25, 0.3) is 0 Å². The topological polar surface area (TPSA) is 102 Å². The molecule has 3 heterocycles. The van der Waals surface area contributed by atoms with Gasteiger partial charge in [-0.1, -0.05) is 0 Å². The van der Waals surface area contributed by atoms with Crippen molar-refractivity contribution in [2.45, 2.75) is 38.0 Å². The fourth-order valence-electron chi connectivity index (χ4n) is 3.23. The minimum Gasteiger partial charge on any atom is -0.435 e. The van der Waals surface area contributed by atoms with E-state index in [9.17, 15) is 8.78 Å². The van der Waals surface area contributed by atoms with E-state index >= 15 is 0 Å². The maximum Gasteiger partial charge on any atom is 0.387 e. The van der Waals surface area contributed by atoms with Crippen molar-refractivity contribution >= 4 is 23.1 Å².